The molecule has 0 heterocycles. The number of benzene rings is 1. The average molecular weight is 191 g/mol. The Bertz CT molecular complexity index is 333. The van der Waals surface area contributed by atoms with E-state index in [0.717, 1.165) is 24.8 Å². The molecule has 0 spiro atoms. The number of hydrogen-bond donors (Lipinski definition) is 2. The Morgan fingerprint density at radius 2 is 2.29 bits per heavy atom. The summed E-state index contributed by atoms with van der Waals surface area (Å²) in [5.74, 6) is 0.962. The summed E-state index contributed by atoms with van der Waals surface area (Å²) in [6, 6.07) is 6.01. The van der Waals surface area contributed by atoms with Gasteiger partial charge in [0.2, 0.25) is 0 Å². The fraction of sp³-hybridized carbons (Fsp3) is 0.500. The Labute approximate surface area is 84.7 Å². The fourth-order valence-corrected chi connectivity index (χ4v) is 2.24. The van der Waals surface area contributed by atoms with Gasteiger partial charge in [-0.15, -0.1) is 0 Å². The lowest BCUT2D eigenvalue weighted by atomic mass is 9.80. The molecule has 0 radical (unpaired) electrons. The van der Waals surface area contributed by atoms with Crippen molar-refractivity contribution < 1.29 is 5.11 Å². The summed E-state index contributed by atoms with van der Waals surface area (Å²) in [6.45, 7) is 2.05. The first-order valence-corrected chi connectivity index (χ1v) is 5.24. The van der Waals surface area contributed by atoms with Gasteiger partial charge >= 0.3 is 0 Å². The molecule has 2 rings (SSSR count). The predicted octanol–water partition coefficient (Wildman–Crippen LogP) is 1.84. The number of nitrogens with two attached hydrogens (primary N) is 1. The van der Waals surface area contributed by atoms with E-state index in [0.29, 0.717) is 11.7 Å². The summed E-state index contributed by atoms with van der Waals surface area (Å²) in [5, 5.41) is 9.72. The minimum atomic E-state index is 0.225. The number of rotatable bonds is 1. The Balaban J connectivity index is 2.29. The third-order valence-corrected chi connectivity index (χ3v) is 3.24. The molecule has 0 aliphatic heterocycles. The highest BCUT2D eigenvalue weighted by atomic mass is 16.3. The van der Waals surface area contributed by atoms with E-state index in [1.807, 2.05) is 6.07 Å². The lowest BCUT2D eigenvalue weighted by Gasteiger charge is -2.27. The standard InChI is InChI=1S/C12H17NO/c1-8(13)10-6-5-9-3-2-4-12(14)11(9)7-10/h2-4,8,10,14H,5-7,13H2,1H3. The van der Waals surface area contributed by atoms with Crippen LogP contribution in [0, 0.1) is 5.92 Å². The monoisotopic (exact) mass is 191 g/mol. The second kappa shape index (κ2) is 3.62. The van der Waals surface area contributed by atoms with Gasteiger partial charge in [0.15, 0.2) is 0 Å². The van der Waals surface area contributed by atoms with Gasteiger partial charge in [-0.3, -0.25) is 0 Å². The molecule has 1 aliphatic carbocycles. The SMILES string of the molecule is CC(N)C1CCc2cccc(O)c2C1. The van der Waals surface area contributed by atoms with E-state index < -0.39 is 0 Å². The minimum absolute atomic E-state index is 0.225. The van der Waals surface area contributed by atoms with Gasteiger partial charge in [-0.1, -0.05) is 12.1 Å². The van der Waals surface area contributed by atoms with Crippen LogP contribution in [0.4, 0.5) is 0 Å². The number of hydrogen-bond acceptors (Lipinski definition) is 2. The second-order valence-corrected chi connectivity index (χ2v) is 4.28. The van der Waals surface area contributed by atoms with E-state index in [-0.39, 0.29) is 6.04 Å². The molecule has 0 fully saturated rings. The molecule has 2 atom stereocenters. The molecule has 1 aliphatic rings. The minimum Gasteiger partial charge on any atom is -0.508 e. The molecule has 3 N–H and O–H groups in total. The summed E-state index contributed by atoms with van der Waals surface area (Å²) >= 11 is 0. The highest BCUT2D eigenvalue weighted by Crippen LogP contribution is 2.32. The Hall–Kier alpha value is -1.02. The van der Waals surface area contributed by atoms with Crippen LogP contribution in [0.15, 0.2) is 18.2 Å². The molecule has 1 aromatic rings. The zero-order chi connectivity index (χ0) is 10.1. The van der Waals surface area contributed by atoms with Gasteiger partial charge in [0.1, 0.15) is 5.75 Å². The highest BCUT2D eigenvalue weighted by Gasteiger charge is 2.23. The Kier molecular flexibility index (Phi) is 2.46. The summed E-state index contributed by atoms with van der Waals surface area (Å²) in [6.07, 6.45) is 3.13. The van der Waals surface area contributed by atoms with Gasteiger partial charge in [0.05, 0.1) is 0 Å². The first-order valence-electron chi connectivity index (χ1n) is 5.24. The van der Waals surface area contributed by atoms with Crippen LogP contribution >= 0.6 is 0 Å². The zero-order valence-corrected chi connectivity index (χ0v) is 8.53. The van der Waals surface area contributed by atoms with E-state index in [2.05, 4.69) is 13.0 Å². The normalized spacial score (nSPS) is 22.9. The quantitative estimate of drug-likeness (QED) is 0.711. The summed E-state index contributed by atoms with van der Waals surface area (Å²) < 4.78 is 0. The molecule has 0 bridgehead atoms. The average Bonchev–Trinajstić information content (AvgIpc) is 2.18. The number of aromatic hydroxyl groups is 1. The molecule has 14 heavy (non-hydrogen) atoms. The molecule has 2 unspecified atom stereocenters. The van der Waals surface area contributed by atoms with Crippen molar-refractivity contribution in [3.05, 3.63) is 29.3 Å². The van der Waals surface area contributed by atoms with Gasteiger partial charge in [-0.2, -0.15) is 0 Å². The van der Waals surface area contributed by atoms with Gasteiger partial charge in [0, 0.05) is 6.04 Å². The number of fused-ring (bicyclic) bond motifs is 1. The van der Waals surface area contributed by atoms with E-state index in [1.54, 1.807) is 6.07 Å². The first-order chi connectivity index (χ1) is 6.68. The van der Waals surface area contributed by atoms with E-state index in [4.69, 9.17) is 5.73 Å². The van der Waals surface area contributed by atoms with Crippen LogP contribution in [0.3, 0.4) is 0 Å². The highest BCUT2D eigenvalue weighted by molar-refractivity contribution is 5.41. The maximum atomic E-state index is 9.72. The third-order valence-electron chi connectivity index (χ3n) is 3.24. The van der Waals surface area contributed by atoms with E-state index >= 15 is 0 Å². The van der Waals surface area contributed by atoms with Crippen LogP contribution < -0.4 is 5.73 Å². The van der Waals surface area contributed by atoms with Gasteiger partial charge < -0.3 is 10.8 Å². The van der Waals surface area contributed by atoms with Crippen LogP contribution in [0.5, 0.6) is 5.75 Å². The van der Waals surface area contributed by atoms with Crippen LogP contribution in [0.2, 0.25) is 0 Å². The largest absolute Gasteiger partial charge is 0.508 e. The van der Waals surface area contributed by atoms with E-state index in [9.17, 15) is 5.11 Å². The summed E-state index contributed by atoms with van der Waals surface area (Å²) in [5.41, 5.74) is 8.30. The van der Waals surface area contributed by atoms with Crippen molar-refractivity contribution in [2.24, 2.45) is 11.7 Å². The van der Waals surface area contributed by atoms with Crippen molar-refractivity contribution in [2.45, 2.75) is 32.2 Å². The van der Waals surface area contributed by atoms with Crippen molar-refractivity contribution in [3.63, 3.8) is 0 Å². The third kappa shape index (κ3) is 1.62. The van der Waals surface area contributed by atoms with Gasteiger partial charge in [-0.05, 0) is 49.3 Å². The van der Waals surface area contributed by atoms with Gasteiger partial charge in [-0.25, -0.2) is 0 Å². The second-order valence-electron chi connectivity index (χ2n) is 4.28. The van der Waals surface area contributed by atoms with Crippen molar-refractivity contribution in [3.8, 4) is 5.75 Å². The molecule has 0 aromatic heterocycles. The molecule has 2 nitrogen and oxygen atoms in total. The molecule has 76 valence electrons. The van der Waals surface area contributed by atoms with Crippen molar-refractivity contribution in [1.29, 1.82) is 0 Å². The van der Waals surface area contributed by atoms with Crippen molar-refractivity contribution in [1.82, 2.24) is 0 Å². The number of phenolic OH excluding ortho intramolecular Hbond substituents is 1. The molecule has 0 amide bonds. The smallest absolute Gasteiger partial charge is 0.119 e. The lowest BCUT2D eigenvalue weighted by molar-refractivity contribution is 0.379. The maximum absolute atomic E-state index is 9.72. The summed E-state index contributed by atoms with van der Waals surface area (Å²) in [7, 11) is 0. The molecule has 0 saturated heterocycles. The topological polar surface area (TPSA) is 46.2 Å². The summed E-state index contributed by atoms with van der Waals surface area (Å²) in [4.78, 5) is 0. The van der Waals surface area contributed by atoms with E-state index in [1.165, 1.54) is 5.56 Å². The maximum Gasteiger partial charge on any atom is 0.119 e. The predicted molar refractivity (Wildman–Crippen MR) is 57.3 cm³/mol. The van der Waals surface area contributed by atoms with Gasteiger partial charge in [0.25, 0.3) is 0 Å². The van der Waals surface area contributed by atoms with Crippen molar-refractivity contribution >= 4 is 0 Å². The van der Waals surface area contributed by atoms with Crippen molar-refractivity contribution in [2.75, 3.05) is 0 Å². The van der Waals surface area contributed by atoms with Crippen LogP contribution in [0.25, 0.3) is 0 Å². The Morgan fingerprint density at radius 3 is 3.00 bits per heavy atom. The lowest BCUT2D eigenvalue weighted by Crippen LogP contribution is -2.31. The zero-order valence-electron chi connectivity index (χ0n) is 8.53. The molecule has 2 heteroatoms. The molecular formula is C12H17NO. The molecule has 1 aromatic carbocycles. The van der Waals surface area contributed by atoms with Crippen LogP contribution in [-0.2, 0) is 12.8 Å². The molecule has 0 saturated carbocycles. The fourth-order valence-electron chi connectivity index (χ4n) is 2.24. The Morgan fingerprint density at radius 1 is 1.50 bits per heavy atom. The molecular weight excluding hydrogens is 174 g/mol. The number of aryl methyl sites for hydroxylation is 1. The van der Waals surface area contributed by atoms with Crippen LogP contribution in [-0.4, -0.2) is 11.1 Å². The van der Waals surface area contributed by atoms with Crippen LogP contribution in [0.1, 0.15) is 24.5 Å². The number of phenols is 1. The first kappa shape index (κ1) is 9.53.